The maximum Gasteiger partial charge on any atom is 0.326 e. The molecular formula is C16H31NO2S. The second kappa shape index (κ2) is 9.67. The predicted octanol–water partition coefficient (Wildman–Crippen LogP) is 3.76. The van der Waals surface area contributed by atoms with Crippen LogP contribution in [0.15, 0.2) is 0 Å². The zero-order valence-corrected chi connectivity index (χ0v) is 14.2. The molecule has 0 aromatic carbocycles. The van der Waals surface area contributed by atoms with Crippen molar-refractivity contribution in [3.63, 3.8) is 0 Å². The van der Waals surface area contributed by atoms with Gasteiger partial charge in [-0.1, -0.05) is 25.7 Å². The van der Waals surface area contributed by atoms with Crippen molar-refractivity contribution in [3.05, 3.63) is 0 Å². The van der Waals surface area contributed by atoms with Crippen LogP contribution in [0.2, 0.25) is 0 Å². The number of hydrogen-bond acceptors (Lipinski definition) is 4. The number of ether oxygens (including phenoxy) is 1. The van der Waals surface area contributed by atoms with E-state index in [0.717, 1.165) is 18.1 Å². The summed E-state index contributed by atoms with van der Waals surface area (Å²) in [6.45, 7) is 4.25. The summed E-state index contributed by atoms with van der Waals surface area (Å²) in [4.78, 5) is 11.9. The molecule has 0 spiro atoms. The van der Waals surface area contributed by atoms with E-state index >= 15 is 0 Å². The van der Waals surface area contributed by atoms with Gasteiger partial charge in [-0.05, 0) is 52.3 Å². The van der Waals surface area contributed by atoms with Crippen molar-refractivity contribution in [2.45, 2.75) is 76.0 Å². The van der Waals surface area contributed by atoms with Gasteiger partial charge in [0.25, 0.3) is 0 Å². The van der Waals surface area contributed by atoms with Gasteiger partial charge in [-0.25, -0.2) is 0 Å². The summed E-state index contributed by atoms with van der Waals surface area (Å²) in [5.41, 5.74) is -0.522. The van der Waals surface area contributed by atoms with E-state index in [1.807, 2.05) is 20.9 Å². The lowest BCUT2D eigenvalue weighted by Crippen LogP contribution is -2.48. The number of hydrogen-bond donors (Lipinski definition) is 1. The molecule has 3 nitrogen and oxygen atoms in total. The normalized spacial score (nSPS) is 19.6. The highest BCUT2D eigenvalue weighted by Crippen LogP contribution is 2.29. The van der Waals surface area contributed by atoms with Crippen LogP contribution in [0.5, 0.6) is 0 Å². The first kappa shape index (κ1) is 17.8. The van der Waals surface area contributed by atoms with E-state index in [1.54, 1.807) is 0 Å². The molecule has 1 saturated carbocycles. The highest BCUT2D eigenvalue weighted by atomic mass is 32.2. The topological polar surface area (TPSA) is 38.3 Å². The maximum atomic E-state index is 11.9. The molecule has 0 aromatic rings. The largest absolute Gasteiger partial charge is 0.465 e. The molecule has 1 aliphatic rings. The number of unbranched alkanes of at least 4 members (excludes halogenated alkanes) is 1. The van der Waals surface area contributed by atoms with Gasteiger partial charge in [0.2, 0.25) is 0 Å². The molecular weight excluding hydrogens is 270 g/mol. The van der Waals surface area contributed by atoms with E-state index < -0.39 is 5.54 Å². The number of carbonyl (C=O) groups excluding carboxylic acids is 1. The first-order valence-electron chi connectivity index (χ1n) is 8.10. The monoisotopic (exact) mass is 301 g/mol. The quantitative estimate of drug-likeness (QED) is 0.520. The van der Waals surface area contributed by atoms with Crippen LogP contribution >= 0.6 is 11.8 Å². The van der Waals surface area contributed by atoms with Crippen molar-refractivity contribution in [2.75, 3.05) is 19.4 Å². The maximum absolute atomic E-state index is 11.9. The third kappa shape index (κ3) is 6.04. The fourth-order valence-corrected chi connectivity index (χ4v) is 4.05. The van der Waals surface area contributed by atoms with Crippen molar-refractivity contribution in [1.29, 1.82) is 0 Å². The second-order valence-corrected chi connectivity index (χ2v) is 7.30. The standard InChI is InChI=1S/C16H31NO2S/c1-4-19-15(18)16(2,17-3)12-8-9-13-20-14-10-6-5-7-11-14/h14,17H,4-13H2,1-3H3. The summed E-state index contributed by atoms with van der Waals surface area (Å²) in [5, 5.41) is 4.02. The summed E-state index contributed by atoms with van der Waals surface area (Å²) in [6.07, 6.45) is 10.2. The molecule has 1 rings (SSSR count). The Balaban J connectivity index is 2.15. The van der Waals surface area contributed by atoms with E-state index in [-0.39, 0.29) is 5.97 Å². The Kier molecular flexibility index (Phi) is 8.62. The van der Waals surface area contributed by atoms with E-state index in [4.69, 9.17) is 4.74 Å². The summed E-state index contributed by atoms with van der Waals surface area (Å²) >= 11 is 2.14. The lowest BCUT2D eigenvalue weighted by molar-refractivity contribution is -0.150. The molecule has 20 heavy (non-hydrogen) atoms. The molecule has 0 aliphatic heterocycles. The third-order valence-corrected chi connectivity index (χ3v) is 5.72. The lowest BCUT2D eigenvalue weighted by Gasteiger charge is -2.27. The second-order valence-electron chi connectivity index (χ2n) is 5.89. The molecule has 0 radical (unpaired) electrons. The van der Waals surface area contributed by atoms with Crippen molar-refractivity contribution in [3.8, 4) is 0 Å². The van der Waals surface area contributed by atoms with Crippen molar-refractivity contribution < 1.29 is 9.53 Å². The van der Waals surface area contributed by atoms with E-state index in [0.29, 0.717) is 6.61 Å². The summed E-state index contributed by atoms with van der Waals surface area (Å²) < 4.78 is 5.14. The Bertz CT molecular complexity index is 280. The molecule has 1 unspecified atom stereocenters. The van der Waals surface area contributed by atoms with E-state index in [1.165, 1.54) is 44.3 Å². The predicted molar refractivity (Wildman–Crippen MR) is 87.3 cm³/mol. The van der Waals surface area contributed by atoms with Crippen molar-refractivity contribution >= 4 is 17.7 Å². The fraction of sp³-hybridized carbons (Fsp3) is 0.938. The molecule has 1 atom stereocenters. The Morgan fingerprint density at radius 1 is 1.30 bits per heavy atom. The number of carbonyl (C=O) groups is 1. The molecule has 1 aliphatic carbocycles. The highest BCUT2D eigenvalue weighted by molar-refractivity contribution is 7.99. The number of thioether (sulfide) groups is 1. The van der Waals surface area contributed by atoms with Gasteiger partial charge in [0.15, 0.2) is 0 Å². The first-order valence-corrected chi connectivity index (χ1v) is 9.15. The van der Waals surface area contributed by atoms with Gasteiger partial charge in [-0.15, -0.1) is 0 Å². The van der Waals surface area contributed by atoms with Gasteiger partial charge in [0.1, 0.15) is 5.54 Å². The average molecular weight is 301 g/mol. The molecule has 4 heteroatoms. The van der Waals surface area contributed by atoms with Crippen LogP contribution in [0.1, 0.15) is 65.2 Å². The molecule has 1 N–H and O–H groups in total. The van der Waals surface area contributed by atoms with Crippen LogP contribution in [-0.2, 0) is 9.53 Å². The Morgan fingerprint density at radius 3 is 2.60 bits per heavy atom. The van der Waals surface area contributed by atoms with Crippen molar-refractivity contribution in [2.24, 2.45) is 0 Å². The van der Waals surface area contributed by atoms with Crippen LogP contribution in [0, 0.1) is 0 Å². The highest BCUT2D eigenvalue weighted by Gasteiger charge is 2.32. The Hall–Kier alpha value is -0.220. The van der Waals surface area contributed by atoms with Gasteiger partial charge >= 0.3 is 5.97 Å². The average Bonchev–Trinajstić information content (AvgIpc) is 2.48. The van der Waals surface area contributed by atoms with Gasteiger partial charge in [0.05, 0.1) is 6.61 Å². The van der Waals surface area contributed by atoms with Gasteiger partial charge in [-0.3, -0.25) is 4.79 Å². The van der Waals surface area contributed by atoms with Gasteiger partial charge in [-0.2, -0.15) is 11.8 Å². The molecule has 0 bridgehead atoms. The minimum atomic E-state index is -0.522. The summed E-state index contributed by atoms with van der Waals surface area (Å²) in [7, 11) is 1.84. The first-order chi connectivity index (χ1) is 9.62. The lowest BCUT2D eigenvalue weighted by atomic mass is 9.95. The van der Waals surface area contributed by atoms with Crippen molar-refractivity contribution in [1.82, 2.24) is 5.32 Å². The van der Waals surface area contributed by atoms with Crippen LogP contribution < -0.4 is 5.32 Å². The molecule has 0 saturated heterocycles. The van der Waals surface area contributed by atoms with E-state index in [9.17, 15) is 4.79 Å². The molecule has 0 amide bonds. The SMILES string of the molecule is CCOC(=O)C(C)(CCCCSC1CCCCC1)NC. The van der Waals surface area contributed by atoms with E-state index in [2.05, 4.69) is 17.1 Å². The van der Waals surface area contributed by atoms with Crippen LogP contribution in [0.3, 0.4) is 0 Å². The number of esters is 1. The Morgan fingerprint density at radius 2 is 2.00 bits per heavy atom. The minimum Gasteiger partial charge on any atom is -0.465 e. The van der Waals surface area contributed by atoms with Gasteiger partial charge < -0.3 is 10.1 Å². The smallest absolute Gasteiger partial charge is 0.326 e. The van der Waals surface area contributed by atoms with Gasteiger partial charge in [0, 0.05) is 5.25 Å². The zero-order chi connectivity index (χ0) is 14.8. The zero-order valence-electron chi connectivity index (χ0n) is 13.4. The van der Waals surface area contributed by atoms with Crippen LogP contribution in [0.25, 0.3) is 0 Å². The fourth-order valence-electron chi connectivity index (χ4n) is 2.68. The third-order valence-electron chi connectivity index (χ3n) is 4.25. The number of nitrogens with one attached hydrogen (secondary N) is 1. The number of likely N-dealkylation sites (N-methyl/N-ethyl adjacent to an activating group) is 1. The minimum absolute atomic E-state index is 0.123. The number of rotatable bonds is 9. The summed E-state index contributed by atoms with van der Waals surface area (Å²) in [5.74, 6) is 1.11. The molecule has 1 fully saturated rings. The molecule has 118 valence electrons. The Labute approximate surface area is 128 Å². The van der Waals surface area contributed by atoms with Crippen LogP contribution in [-0.4, -0.2) is 36.2 Å². The molecule has 0 aromatic heterocycles. The molecule has 0 heterocycles. The summed E-state index contributed by atoms with van der Waals surface area (Å²) in [6, 6.07) is 0. The van der Waals surface area contributed by atoms with Crippen LogP contribution in [0.4, 0.5) is 0 Å².